The predicted octanol–water partition coefficient (Wildman–Crippen LogP) is -0.298. The lowest BCUT2D eigenvalue weighted by Gasteiger charge is -2.35. The van der Waals surface area contributed by atoms with E-state index >= 15 is 0 Å². The van der Waals surface area contributed by atoms with Gasteiger partial charge in [0.1, 0.15) is 0 Å². The minimum absolute atomic E-state index is 0.0377. The molecule has 114 valence electrons. The Morgan fingerprint density at radius 2 is 1.65 bits per heavy atom. The van der Waals surface area contributed by atoms with Crippen molar-refractivity contribution >= 4 is 12.0 Å². The quantitative estimate of drug-likeness (QED) is 0.662. The Bertz CT molecular complexity index is 348. The summed E-state index contributed by atoms with van der Waals surface area (Å²) in [5.74, 6) is -0.830. The molecule has 7 nitrogen and oxygen atoms in total. The number of carbonyl (C=O) groups is 2. The molecule has 1 aliphatic heterocycles. The second-order valence-electron chi connectivity index (χ2n) is 5.61. The summed E-state index contributed by atoms with van der Waals surface area (Å²) in [6.45, 7) is 2.37. The molecule has 0 unspecified atom stereocenters. The van der Waals surface area contributed by atoms with Crippen LogP contribution in [0.25, 0.3) is 0 Å². The van der Waals surface area contributed by atoms with Crippen LogP contribution in [0.1, 0.15) is 25.7 Å². The number of piperazine rings is 1. The van der Waals surface area contributed by atoms with Crippen LogP contribution < -0.4 is 5.32 Å². The second kappa shape index (κ2) is 6.90. The van der Waals surface area contributed by atoms with Crippen LogP contribution in [0.2, 0.25) is 0 Å². The minimum Gasteiger partial charge on any atom is -0.480 e. The van der Waals surface area contributed by atoms with Gasteiger partial charge in [0, 0.05) is 32.2 Å². The number of amides is 2. The molecular formula is C13H23N3O4. The molecular weight excluding hydrogens is 262 g/mol. The molecule has 1 aliphatic carbocycles. The van der Waals surface area contributed by atoms with Gasteiger partial charge in [0.05, 0.1) is 12.6 Å². The molecule has 2 aliphatic rings. The Labute approximate surface area is 118 Å². The highest BCUT2D eigenvalue weighted by Crippen LogP contribution is 2.18. The average molecular weight is 285 g/mol. The van der Waals surface area contributed by atoms with Crippen LogP contribution in [0, 0.1) is 0 Å². The fraction of sp³-hybridized carbons (Fsp3) is 0.846. The second-order valence-corrected chi connectivity index (χ2v) is 5.61. The highest BCUT2D eigenvalue weighted by molar-refractivity contribution is 5.74. The topological polar surface area (TPSA) is 93.1 Å². The van der Waals surface area contributed by atoms with Crippen LogP contribution >= 0.6 is 0 Å². The number of carboxylic acid groups (broad SMARTS) is 1. The van der Waals surface area contributed by atoms with Crippen LogP contribution in [0.5, 0.6) is 0 Å². The van der Waals surface area contributed by atoms with Crippen molar-refractivity contribution < 1.29 is 19.8 Å². The molecule has 2 amide bonds. The number of aliphatic hydroxyl groups excluding tert-OH is 1. The molecule has 3 N–H and O–H groups in total. The highest BCUT2D eigenvalue weighted by atomic mass is 16.4. The summed E-state index contributed by atoms with van der Waals surface area (Å²) in [4.78, 5) is 26.3. The number of nitrogens with one attached hydrogen (secondary N) is 1. The number of aliphatic hydroxyl groups is 1. The molecule has 0 bridgehead atoms. The van der Waals surface area contributed by atoms with Crippen molar-refractivity contribution in [3.05, 3.63) is 0 Å². The molecule has 20 heavy (non-hydrogen) atoms. The van der Waals surface area contributed by atoms with E-state index in [1.807, 2.05) is 4.90 Å². The maximum atomic E-state index is 12.1. The summed E-state index contributed by atoms with van der Waals surface area (Å²) in [6.07, 6.45) is 2.93. The molecule has 2 rings (SSSR count). The third-order valence-corrected chi connectivity index (χ3v) is 4.04. The summed E-state index contributed by atoms with van der Waals surface area (Å²) in [5.41, 5.74) is 0. The van der Waals surface area contributed by atoms with Crippen LogP contribution in [0.4, 0.5) is 4.79 Å². The van der Waals surface area contributed by atoms with E-state index in [1.165, 1.54) is 0 Å². The fourth-order valence-electron chi connectivity index (χ4n) is 2.79. The SMILES string of the molecule is O=C(O)CN1CCN(C(=O)NC2CCC(O)CC2)CC1. The Morgan fingerprint density at radius 1 is 1.05 bits per heavy atom. The highest BCUT2D eigenvalue weighted by Gasteiger charge is 2.25. The van der Waals surface area contributed by atoms with Crippen LogP contribution in [0.15, 0.2) is 0 Å². The van der Waals surface area contributed by atoms with Crippen LogP contribution in [-0.2, 0) is 4.79 Å². The predicted molar refractivity (Wildman–Crippen MR) is 72.4 cm³/mol. The number of rotatable bonds is 3. The standard InChI is InChI=1S/C13H23N3O4/c17-11-3-1-10(2-4-11)14-13(20)16-7-5-15(6-8-16)9-12(18)19/h10-11,17H,1-9H2,(H,14,20)(H,18,19). The molecule has 0 atom stereocenters. The van der Waals surface area contributed by atoms with Gasteiger partial charge in [0.15, 0.2) is 0 Å². The first-order chi connectivity index (χ1) is 9.54. The lowest BCUT2D eigenvalue weighted by molar-refractivity contribution is -0.138. The van der Waals surface area contributed by atoms with Crippen molar-refractivity contribution in [3.8, 4) is 0 Å². The molecule has 1 saturated heterocycles. The number of aliphatic carboxylic acids is 1. The molecule has 7 heteroatoms. The number of nitrogens with zero attached hydrogens (tertiary/aromatic N) is 2. The lowest BCUT2D eigenvalue weighted by Crippen LogP contribution is -2.54. The van der Waals surface area contributed by atoms with Crippen LogP contribution in [-0.4, -0.2) is 76.9 Å². The van der Waals surface area contributed by atoms with Gasteiger partial charge in [-0.1, -0.05) is 0 Å². The maximum absolute atomic E-state index is 12.1. The van der Waals surface area contributed by atoms with Crippen molar-refractivity contribution in [2.45, 2.75) is 37.8 Å². The first kappa shape index (κ1) is 15.1. The number of carbonyl (C=O) groups excluding carboxylic acids is 1. The van der Waals surface area contributed by atoms with Crippen molar-refractivity contribution in [1.82, 2.24) is 15.1 Å². The van der Waals surface area contributed by atoms with Gasteiger partial charge in [-0.25, -0.2) is 4.79 Å². The molecule has 0 radical (unpaired) electrons. The smallest absolute Gasteiger partial charge is 0.317 e. The van der Waals surface area contributed by atoms with Crippen LogP contribution in [0.3, 0.4) is 0 Å². The van der Waals surface area contributed by atoms with E-state index in [1.54, 1.807) is 4.90 Å². The largest absolute Gasteiger partial charge is 0.480 e. The zero-order chi connectivity index (χ0) is 14.5. The lowest BCUT2D eigenvalue weighted by atomic mass is 9.93. The van der Waals surface area contributed by atoms with Gasteiger partial charge in [-0.3, -0.25) is 9.69 Å². The third kappa shape index (κ3) is 4.35. The monoisotopic (exact) mass is 285 g/mol. The first-order valence-corrected chi connectivity index (χ1v) is 7.22. The van der Waals surface area contributed by atoms with E-state index in [-0.39, 0.29) is 24.7 Å². The van der Waals surface area contributed by atoms with Crippen molar-refractivity contribution in [1.29, 1.82) is 0 Å². The third-order valence-electron chi connectivity index (χ3n) is 4.04. The van der Waals surface area contributed by atoms with E-state index in [9.17, 15) is 14.7 Å². The molecule has 1 saturated carbocycles. The van der Waals surface area contributed by atoms with Crippen molar-refractivity contribution in [2.24, 2.45) is 0 Å². The van der Waals surface area contributed by atoms with Crippen molar-refractivity contribution in [2.75, 3.05) is 32.7 Å². The van der Waals surface area contributed by atoms with Crippen molar-refractivity contribution in [3.63, 3.8) is 0 Å². The zero-order valence-corrected chi connectivity index (χ0v) is 11.6. The van der Waals surface area contributed by atoms with Gasteiger partial charge in [-0.05, 0) is 25.7 Å². The van der Waals surface area contributed by atoms with E-state index in [0.717, 1.165) is 25.7 Å². The van der Waals surface area contributed by atoms with Gasteiger partial charge >= 0.3 is 12.0 Å². The summed E-state index contributed by atoms with van der Waals surface area (Å²) < 4.78 is 0. The van der Waals surface area contributed by atoms with E-state index in [0.29, 0.717) is 26.2 Å². The minimum atomic E-state index is -0.830. The molecule has 2 fully saturated rings. The van der Waals surface area contributed by atoms with E-state index in [4.69, 9.17) is 5.11 Å². The summed E-state index contributed by atoms with van der Waals surface area (Å²) in [7, 11) is 0. The Hall–Kier alpha value is -1.34. The average Bonchev–Trinajstić information content (AvgIpc) is 2.41. The number of hydrogen-bond donors (Lipinski definition) is 3. The molecule has 1 heterocycles. The molecule has 0 aromatic carbocycles. The Morgan fingerprint density at radius 3 is 2.20 bits per heavy atom. The first-order valence-electron chi connectivity index (χ1n) is 7.22. The van der Waals surface area contributed by atoms with Gasteiger partial charge in [-0.15, -0.1) is 0 Å². The molecule has 0 aromatic rings. The van der Waals surface area contributed by atoms with Gasteiger partial charge in [0.2, 0.25) is 0 Å². The summed E-state index contributed by atoms with van der Waals surface area (Å²) in [6, 6.07) is 0.0873. The Kier molecular flexibility index (Phi) is 5.19. The van der Waals surface area contributed by atoms with Gasteiger partial charge in [0.25, 0.3) is 0 Å². The fourth-order valence-corrected chi connectivity index (χ4v) is 2.79. The Balaban J connectivity index is 1.70. The van der Waals surface area contributed by atoms with Gasteiger partial charge < -0.3 is 20.4 Å². The molecule has 0 aromatic heterocycles. The normalized spacial score (nSPS) is 28.1. The van der Waals surface area contributed by atoms with Gasteiger partial charge in [-0.2, -0.15) is 0 Å². The van der Waals surface area contributed by atoms with E-state index < -0.39 is 5.97 Å². The summed E-state index contributed by atoms with van der Waals surface area (Å²) >= 11 is 0. The maximum Gasteiger partial charge on any atom is 0.317 e. The summed E-state index contributed by atoms with van der Waals surface area (Å²) in [5, 5.41) is 21.2. The number of urea groups is 1. The number of hydrogen-bond acceptors (Lipinski definition) is 4. The van der Waals surface area contributed by atoms with E-state index in [2.05, 4.69) is 5.32 Å². The zero-order valence-electron chi connectivity index (χ0n) is 11.6. The number of carboxylic acids is 1. The molecule has 0 spiro atoms.